The van der Waals surface area contributed by atoms with Crippen LogP contribution < -0.4 is 20.7 Å². The summed E-state index contributed by atoms with van der Waals surface area (Å²) >= 11 is 2.31. The van der Waals surface area contributed by atoms with E-state index in [1.165, 1.54) is 11.8 Å². The molecule has 0 spiro atoms. The molecule has 1 saturated heterocycles. The number of amides is 1. The first kappa shape index (κ1) is 27.1. The third kappa shape index (κ3) is 7.35. The summed E-state index contributed by atoms with van der Waals surface area (Å²) < 4.78 is 6.85. The monoisotopic (exact) mass is 638 g/mol. The van der Waals surface area contributed by atoms with E-state index < -0.39 is 0 Å². The zero-order valence-corrected chi connectivity index (χ0v) is 23.8. The van der Waals surface area contributed by atoms with E-state index in [0.29, 0.717) is 48.3 Å². The first-order chi connectivity index (χ1) is 19.1. The molecule has 6 rings (SSSR count). The number of piperazine rings is 1. The third-order valence-corrected chi connectivity index (χ3v) is 7.63. The maximum absolute atomic E-state index is 12.4. The van der Waals surface area contributed by atoms with Gasteiger partial charge in [-0.1, -0.05) is 40.8 Å². The Balaban J connectivity index is 1.44. The summed E-state index contributed by atoms with van der Waals surface area (Å²) in [6.45, 7) is 6.11. The Bertz CT molecular complexity index is 1350. The first-order valence-electron chi connectivity index (χ1n) is 13.0. The van der Waals surface area contributed by atoms with Gasteiger partial charge in [-0.3, -0.25) is 9.69 Å². The van der Waals surface area contributed by atoms with Gasteiger partial charge in [-0.2, -0.15) is 10.2 Å². The van der Waals surface area contributed by atoms with Crippen molar-refractivity contribution in [1.29, 1.82) is 5.26 Å². The minimum atomic E-state index is 0.0320. The molecule has 6 bridgehead atoms. The van der Waals surface area contributed by atoms with Crippen molar-refractivity contribution in [3.8, 4) is 11.8 Å². The van der Waals surface area contributed by atoms with E-state index in [1.807, 2.05) is 30.3 Å². The van der Waals surface area contributed by atoms with E-state index >= 15 is 0 Å². The fourth-order valence-electron chi connectivity index (χ4n) is 4.64. The SMILES string of the molecule is N#Cc1cnc2nc1Nc1cccc(c1)CN1CCN(CCC(=O)NCCOc3ccc(CI)cc3N2)CC1. The zero-order valence-electron chi connectivity index (χ0n) is 21.6. The number of hydrogen-bond donors (Lipinski definition) is 3. The summed E-state index contributed by atoms with van der Waals surface area (Å²) in [6.07, 6.45) is 1.99. The van der Waals surface area contributed by atoms with Gasteiger partial charge in [-0.15, -0.1) is 0 Å². The second-order valence-corrected chi connectivity index (χ2v) is 10.3. The maximum atomic E-state index is 12.4. The number of nitrogens with one attached hydrogen (secondary N) is 3. The molecule has 3 aliphatic heterocycles. The van der Waals surface area contributed by atoms with E-state index in [9.17, 15) is 10.1 Å². The number of ether oxygens (including phenoxy) is 1. The lowest BCUT2D eigenvalue weighted by Gasteiger charge is -2.34. The van der Waals surface area contributed by atoms with Gasteiger partial charge in [-0.05, 0) is 35.4 Å². The van der Waals surface area contributed by atoms with Crippen LogP contribution in [-0.4, -0.2) is 71.6 Å². The van der Waals surface area contributed by atoms with Gasteiger partial charge in [0.15, 0.2) is 5.82 Å². The number of alkyl halides is 1. The molecule has 0 aliphatic carbocycles. The number of hydrogen-bond acceptors (Lipinski definition) is 9. The van der Waals surface area contributed by atoms with E-state index in [0.717, 1.165) is 54.9 Å². The number of nitriles is 1. The molecule has 1 aromatic heterocycles. The third-order valence-electron chi connectivity index (χ3n) is 6.75. The van der Waals surface area contributed by atoms with Crippen LogP contribution in [0.25, 0.3) is 0 Å². The Morgan fingerprint density at radius 3 is 2.72 bits per heavy atom. The van der Waals surface area contributed by atoms with Crippen molar-refractivity contribution in [2.45, 2.75) is 17.4 Å². The number of nitrogens with zero attached hydrogens (tertiary/aromatic N) is 5. The van der Waals surface area contributed by atoms with Crippen LogP contribution in [0.3, 0.4) is 0 Å². The molecule has 3 aliphatic rings. The molecule has 10 nitrogen and oxygen atoms in total. The van der Waals surface area contributed by atoms with Gasteiger partial charge < -0.3 is 25.6 Å². The summed E-state index contributed by atoms with van der Waals surface area (Å²) in [6, 6.07) is 16.3. The summed E-state index contributed by atoms with van der Waals surface area (Å²) in [5.41, 5.74) is 4.22. The molecule has 3 N–H and O–H groups in total. The second-order valence-electron chi connectivity index (χ2n) is 9.55. The van der Waals surface area contributed by atoms with Gasteiger partial charge >= 0.3 is 0 Å². The normalized spacial score (nSPS) is 19.9. The van der Waals surface area contributed by atoms with Crippen molar-refractivity contribution in [3.63, 3.8) is 0 Å². The van der Waals surface area contributed by atoms with Crippen molar-refractivity contribution in [2.75, 3.05) is 56.5 Å². The zero-order chi connectivity index (χ0) is 27.0. The van der Waals surface area contributed by atoms with Crippen LogP contribution in [0.4, 0.5) is 23.1 Å². The average molecular weight is 639 g/mol. The molecule has 0 unspecified atom stereocenters. The van der Waals surface area contributed by atoms with Gasteiger partial charge in [0.1, 0.15) is 24.0 Å². The second kappa shape index (κ2) is 13.1. The van der Waals surface area contributed by atoms with Crippen molar-refractivity contribution in [1.82, 2.24) is 25.1 Å². The van der Waals surface area contributed by atoms with Crippen LogP contribution in [0, 0.1) is 11.3 Å². The Morgan fingerprint density at radius 1 is 1.05 bits per heavy atom. The summed E-state index contributed by atoms with van der Waals surface area (Å²) in [7, 11) is 0. The van der Waals surface area contributed by atoms with E-state index in [1.54, 1.807) is 0 Å². The predicted molar refractivity (Wildman–Crippen MR) is 159 cm³/mol. The Kier molecular flexibility index (Phi) is 9.08. The number of rotatable bonds is 1. The van der Waals surface area contributed by atoms with Gasteiger partial charge in [0.25, 0.3) is 0 Å². The highest BCUT2D eigenvalue weighted by Crippen LogP contribution is 2.30. The molecule has 202 valence electrons. The largest absolute Gasteiger partial charge is 0.490 e. The highest BCUT2D eigenvalue weighted by Gasteiger charge is 2.18. The fourth-order valence-corrected chi connectivity index (χ4v) is 5.11. The van der Waals surface area contributed by atoms with Crippen LogP contribution in [-0.2, 0) is 15.8 Å². The Hall–Kier alpha value is -3.47. The molecule has 0 radical (unpaired) electrons. The number of aromatic nitrogens is 2. The van der Waals surface area contributed by atoms with Gasteiger partial charge in [0, 0.05) is 55.8 Å². The van der Waals surface area contributed by atoms with Crippen molar-refractivity contribution < 1.29 is 9.53 Å². The molecular weight excluding hydrogens is 607 g/mol. The Labute approximate surface area is 241 Å². The number of benzene rings is 2. The standard InChI is InChI=1S/C28H31IN8O2/c29-16-20-4-5-25-24(15-20)34-28-32-18-22(17-30)27(35-28)33-23-3-1-2-21(14-23)19-37-11-9-36(10-12-37)8-6-26(38)31-7-13-39-25/h1-5,14-15,18H,6-13,16,19H2,(H,31,38)(H2,32,33,34,35). The van der Waals surface area contributed by atoms with Crippen LogP contribution in [0.1, 0.15) is 23.1 Å². The lowest BCUT2D eigenvalue weighted by molar-refractivity contribution is -0.121. The molecule has 11 heteroatoms. The van der Waals surface area contributed by atoms with Crippen LogP contribution >= 0.6 is 22.6 Å². The fraction of sp³-hybridized carbons (Fsp3) is 0.357. The number of carbonyl (C=O) groups is 1. The van der Waals surface area contributed by atoms with Crippen LogP contribution in [0.15, 0.2) is 48.7 Å². The molecule has 0 atom stereocenters. The highest BCUT2D eigenvalue weighted by molar-refractivity contribution is 14.1. The molecule has 0 saturated carbocycles. The molecule has 4 heterocycles. The number of carbonyl (C=O) groups excluding carboxylic acids is 1. The summed E-state index contributed by atoms with van der Waals surface area (Å²) in [5.74, 6) is 1.44. The van der Waals surface area contributed by atoms with Crippen molar-refractivity contribution in [3.05, 3.63) is 65.4 Å². The molecule has 1 amide bonds. The topological polar surface area (TPSA) is 118 Å². The number of fused-ring (bicyclic) bond motifs is 8. The summed E-state index contributed by atoms with van der Waals surface area (Å²) in [5, 5.41) is 19.2. The quantitative estimate of drug-likeness (QED) is 0.271. The molecule has 1 fully saturated rings. The number of anilines is 4. The molecule has 39 heavy (non-hydrogen) atoms. The van der Waals surface area contributed by atoms with E-state index in [2.05, 4.69) is 76.5 Å². The van der Waals surface area contributed by atoms with Gasteiger partial charge in [0.05, 0.1) is 18.4 Å². The smallest absolute Gasteiger partial charge is 0.229 e. The lowest BCUT2D eigenvalue weighted by Crippen LogP contribution is -2.46. The van der Waals surface area contributed by atoms with Crippen LogP contribution in [0.2, 0.25) is 0 Å². The van der Waals surface area contributed by atoms with Crippen molar-refractivity contribution >= 4 is 51.6 Å². The summed E-state index contributed by atoms with van der Waals surface area (Å²) in [4.78, 5) is 26.2. The Morgan fingerprint density at radius 2 is 1.90 bits per heavy atom. The lowest BCUT2D eigenvalue weighted by atomic mass is 10.1. The first-order valence-corrected chi connectivity index (χ1v) is 14.6. The van der Waals surface area contributed by atoms with E-state index in [4.69, 9.17) is 4.74 Å². The minimum absolute atomic E-state index is 0.0320. The van der Waals surface area contributed by atoms with E-state index in [-0.39, 0.29) is 5.91 Å². The van der Waals surface area contributed by atoms with Gasteiger partial charge in [-0.25, -0.2) is 4.98 Å². The molecule has 2 aromatic carbocycles. The predicted octanol–water partition coefficient (Wildman–Crippen LogP) is 3.79. The molecular formula is C28H31IN8O2. The minimum Gasteiger partial charge on any atom is -0.490 e. The highest BCUT2D eigenvalue weighted by atomic mass is 127. The van der Waals surface area contributed by atoms with Gasteiger partial charge in [0.2, 0.25) is 11.9 Å². The van der Waals surface area contributed by atoms with Crippen LogP contribution in [0.5, 0.6) is 5.75 Å². The average Bonchev–Trinajstić information content (AvgIpc) is 2.95. The number of halogens is 1. The maximum Gasteiger partial charge on any atom is 0.229 e. The molecule has 3 aromatic rings. The van der Waals surface area contributed by atoms with Crippen molar-refractivity contribution in [2.24, 2.45) is 0 Å².